The smallest absolute Gasteiger partial charge is 0.321 e. The number of carbonyl (C=O) groups is 2. The molecule has 1 aromatic carbocycles. The highest BCUT2D eigenvalue weighted by Gasteiger charge is 2.25. The first-order valence-electron chi connectivity index (χ1n) is 9.61. The standard InChI is InChI=1S/C19H26N6O2S/c1-3-20-17(27)21-16(26)14(2)28-19-23-22-18(24-12-8-5-9-13-24)25(19)15-10-6-4-7-11-15/h4,6-7,10-11,14H,3,5,8-9,12-13H2,1-2H3,(H2,20,21,26,27). The van der Waals surface area contributed by atoms with Crippen LogP contribution in [-0.2, 0) is 4.79 Å². The molecule has 28 heavy (non-hydrogen) atoms. The van der Waals surface area contributed by atoms with Crippen molar-refractivity contribution in [1.29, 1.82) is 0 Å². The maximum Gasteiger partial charge on any atom is 0.321 e. The SMILES string of the molecule is CCNC(=O)NC(=O)C(C)Sc1nnc(N2CCCCC2)n1-c1ccccc1. The van der Waals surface area contributed by atoms with Crippen molar-refractivity contribution in [3.05, 3.63) is 30.3 Å². The molecule has 2 aromatic rings. The number of aromatic nitrogens is 3. The number of para-hydroxylation sites is 1. The monoisotopic (exact) mass is 402 g/mol. The van der Waals surface area contributed by atoms with E-state index >= 15 is 0 Å². The minimum absolute atomic E-state index is 0.363. The number of nitrogens with zero attached hydrogens (tertiary/aromatic N) is 4. The van der Waals surface area contributed by atoms with Gasteiger partial charge in [0, 0.05) is 19.6 Å². The van der Waals surface area contributed by atoms with Crippen LogP contribution in [0.25, 0.3) is 5.69 Å². The topological polar surface area (TPSA) is 92.2 Å². The van der Waals surface area contributed by atoms with E-state index in [0.717, 1.165) is 37.6 Å². The number of carbonyl (C=O) groups excluding carboxylic acids is 2. The van der Waals surface area contributed by atoms with E-state index < -0.39 is 11.3 Å². The third kappa shape index (κ3) is 4.83. The van der Waals surface area contributed by atoms with Gasteiger partial charge in [-0.2, -0.15) is 0 Å². The van der Waals surface area contributed by atoms with Crippen LogP contribution in [0.5, 0.6) is 0 Å². The van der Waals surface area contributed by atoms with Crippen LogP contribution < -0.4 is 15.5 Å². The second-order valence-electron chi connectivity index (χ2n) is 6.61. The van der Waals surface area contributed by atoms with Gasteiger partial charge in [0.25, 0.3) is 0 Å². The molecule has 0 spiro atoms. The van der Waals surface area contributed by atoms with Gasteiger partial charge in [0.1, 0.15) is 0 Å². The molecule has 3 rings (SSSR count). The van der Waals surface area contributed by atoms with Gasteiger partial charge in [0.15, 0.2) is 5.16 Å². The molecule has 1 aliphatic heterocycles. The summed E-state index contributed by atoms with van der Waals surface area (Å²) in [5.74, 6) is 0.433. The van der Waals surface area contributed by atoms with Gasteiger partial charge in [0.2, 0.25) is 11.9 Å². The highest BCUT2D eigenvalue weighted by atomic mass is 32.2. The maximum absolute atomic E-state index is 12.3. The molecule has 0 bridgehead atoms. The second kappa shape index (κ2) is 9.59. The number of urea groups is 1. The fourth-order valence-electron chi connectivity index (χ4n) is 3.07. The highest BCUT2D eigenvalue weighted by molar-refractivity contribution is 8.00. The fourth-order valence-corrected chi connectivity index (χ4v) is 3.93. The molecule has 1 unspecified atom stereocenters. The predicted octanol–water partition coefficient (Wildman–Crippen LogP) is 2.58. The number of hydrogen-bond donors (Lipinski definition) is 2. The molecule has 1 aliphatic rings. The van der Waals surface area contributed by atoms with Crippen LogP contribution >= 0.6 is 11.8 Å². The molecule has 2 heterocycles. The number of benzene rings is 1. The fraction of sp³-hybridized carbons (Fsp3) is 0.474. The van der Waals surface area contributed by atoms with Gasteiger partial charge < -0.3 is 10.2 Å². The van der Waals surface area contributed by atoms with Crippen molar-refractivity contribution in [2.45, 2.75) is 43.5 Å². The molecule has 1 aromatic heterocycles. The van der Waals surface area contributed by atoms with Crippen molar-refractivity contribution < 1.29 is 9.59 Å². The Morgan fingerprint density at radius 2 is 1.86 bits per heavy atom. The number of rotatable bonds is 6. The third-order valence-electron chi connectivity index (χ3n) is 4.50. The average Bonchev–Trinajstić information content (AvgIpc) is 3.13. The Hall–Kier alpha value is -2.55. The highest BCUT2D eigenvalue weighted by Crippen LogP contribution is 2.30. The number of imide groups is 1. The van der Waals surface area contributed by atoms with Crippen molar-refractivity contribution in [3.8, 4) is 5.69 Å². The van der Waals surface area contributed by atoms with E-state index in [0.29, 0.717) is 11.7 Å². The first-order valence-corrected chi connectivity index (χ1v) is 10.5. The summed E-state index contributed by atoms with van der Waals surface area (Å²) in [6, 6.07) is 9.41. The van der Waals surface area contributed by atoms with Gasteiger partial charge >= 0.3 is 6.03 Å². The van der Waals surface area contributed by atoms with Gasteiger partial charge in [0.05, 0.1) is 10.9 Å². The summed E-state index contributed by atoms with van der Waals surface area (Å²) in [6.45, 7) is 5.91. The summed E-state index contributed by atoms with van der Waals surface area (Å²) in [5.41, 5.74) is 0.951. The molecule has 8 nitrogen and oxygen atoms in total. The lowest BCUT2D eigenvalue weighted by molar-refractivity contribution is -0.119. The van der Waals surface area contributed by atoms with Gasteiger partial charge in [-0.15, -0.1) is 10.2 Å². The second-order valence-corrected chi connectivity index (χ2v) is 7.92. The van der Waals surface area contributed by atoms with E-state index in [1.807, 2.05) is 34.9 Å². The van der Waals surface area contributed by atoms with E-state index in [-0.39, 0.29) is 5.91 Å². The molecule has 0 radical (unpaired) electrons. The van der Waals surface area contributed by atoms with E-state index in [4.69, 9.17) is 0 Å². The molecule has 1 atom stereocenters. The Kier molecular flexibility index (Phi) is 6.91. The largest absolute Gasteiger partial charge is 0.341 e. The van der Waals surface area contributed by atoms with Crippen LogP contribution in [0.1, 0.15) is 33.1 Å². The Morgan fingerprint density at radius 1 is 1.14 bits per heavy atom. The zero-order valence-corrected chi connectivity index (χ0v) is 17.0. The Labute approximate surface area is 169 Å². The molecule has 0 saturated carbocycles. The summed E-state index contributed by atoms with van der Waals surface area (Å²) >= 11 is 1.29. The molecular formula is C19H26N6O2S. The summed E-state index contributed by atoms with van der Waals surface area (Å²) < 4.78 is 1.99. The average molecular weight is 403 g/mol. The van der Waals surface area contributed by atoms with Gasteiger partial charge in [-0.05, 0) is 45.2 Å². The lowest BCUT2D eigenvalue weighted by Crippen LogP contribution is -2.42. The minimum atomic E-state index is -0.497. The van der Waals surface area contributed by atoms with Crippen LogP contribution in [0.3, 0.4) is 0 Å². The van der Waals surface area contributed by atoms with E-state index in [9.17, 15) is 9.59 Å². The van der Waals surface area contributed by atoms with Crippen LogP contribution in [0.2, 0.25) is 0 Å². The number of thioether (sulfide) groups is 1. The van der Waals surface area contributed by atoms with Crippen LogP contribution in [0.15, 0.2) is 35.5 Å². The lowest BCUT2D eigenvalue weighted by Gasteiger charge is -2.28. The number of anilines is 1. The molecule has 3 amide bonds. The van der Waals surface area contributed by atoms with Crippen molar-refractivity contribution >= 4 is 29.6 Å². The van der Waals surface area contributed by atoms with Crippen molar-refractivity contribution in [3.63, 3.8) is 0 Å². The number of piperidine rings is 1. The van der Waals surface area contributed by atoms with E-state index in [1.165, 1.54) is 18.2 Å². The molecule has 2 N–H and O–H groups in total. The molecule has 9 heteroatoms. The van der Waals surface area contributed by atoms with Crippen LogP contribution in [0.4, 0.5) is 10.7 Å². The van der Waals surface area contributed by atoms with Crippen LogP contribution in [0, 0.1) is 0 Å². The quantitative estimate of drug-likeness (QED) is 0.722. The zero-order chi connectivity index (χ0) is 19.9. The van der Waals surface area contributed by atoms with Crippen molar-refractivity contribution in [1.82, 2.24) is 25.4 Å². The molecule has 1 saturated heterocycles. The van der Waals surface area contributed by atoms with Gasteiger partial charge in [-0.3, -0.25) is 14.7 Å². The number of nitrogens with one attached hydrogen (secondary N) is 2. The minimum Gasteiger partial charge on any atom is -0.341 e. The summed E-state index contributed by atoms with van der Waals surface area (Å²) in [7, 11) is 0. The predicted molar refractivity (Wildman–Crippen MR) is 110 cm³/mol. The molecular weight excluding hydrogens is 376 g/mol. The lowest BCUT2D eigenvalue weighted by atomic mass is 10.1. The first-order chi connectivity index (χ1) is 13.6. The maximum atomic E-state index is 12.3. The normalized spacial score (nSPS) is 15.1. The van der Waals surface area contributed by atoms with E-state index in [2.05, 4.69) is 25.7 Å². The Bertz CT molecular complexity index is 804. The number of hydrogen-bond acceptors (Lipinski definition) is 6. The van der Waals surface area contributed by atoms with E-state index in [1.54, 1.807) is 13.8 Å². The van der Waals surface area contributed by atoms with Crippen molar-refractivity contribution in [2.75, 3.05) is 24.5 Å². The first kappa shape index (κ1) is 20.2. The van der Waals surface area contributed by atoms with Crippen LogP contribution in [-0.4, -0.2) is 51.6 Å². The van der Waals surface area contributed by atoms with Crippen molar-refractivity contribution in [2.24, 2.45) is 0 Å². The zero-order valence-electron chi connectivity index (χ0n) is 16.2. The number of amides is 3. The molecule has 1 fully saturated rings. The third-order valence-corrected chi connectivity index (χ3v) is 5.54. The van der Waals surface area contributed by atoms with Gasteiger partial charge in [-0.1, -0.05) is 30.0 Å². The Morgan fingerprint density at radius 3 is 2.54 bits per heavy atom. The summed E-state index contributed by atoms with van der Waals surface area (Å²) in [4.78, 5) is 26.2. The Balaban J connectivity index is 1.83. The summed E-state index contributed by atoms with van der Waals surface area (Å²) in [5, 5.41) is 13.8. The molecule has 0 aliphatic carbocycles. The van der Waals surface area contributed by atoms with Gasteiger partial charge in [-0.25, -0.2) is 4.79 Å². The summed E-state index contributed by atoms with van der Waals surface area (Å²) in [6.07, 6.45) is 3.50. The molecule has 150 valence electrons.